The molecule has 0 amide bonds. The predicted octanol–water partition coefficient (Wildman–Crippen LogP) is 7.19. The van der Waals surface area contributed by atoms with Crippen molar-refractivity contribution in [2.45, 2.75) is 66.3 Å². The van der Waals surface area contributed by atoms with Gasteiger partial charge in [-0.05, 0) is 97.1 Å². The van der Waals surface area contributed by atoms with E-state index in [0.717, 1.165) is 64.1 Å². The van der Waals surface area contributed by atoms with Crippen LogP contribution in [0.25, 0.3) is 11.6 Å². The molecule has 3 heterocycles. The maximum atomic E-state index is 6.08. The summed E-state index contributed by atoms with van der Waals surface area (Å²) in [5.74, 6) is 4.31. The van der Waals surface area contributed by atoms with E-state index in [0.29, 0.717) is 37.2 Å². The second-order valence-corrected chi connectivity index (χ2v) is 11.8. The van der Waals surface area contributed by atoms with Crippen LogP contribution < -0.4 is 20.7 Å². The first-order chi connectivity index (χ1) is 20.9. The number of pyridine rings is 1. The summed E-state index contributed by atoms with van der Waals surface area (Å²) in [4.78, 5) is 9.61. The Labute approximate surface area is 256 Å². The van der Waals surface area contributed by atoms with Gasteiger partial charge in [0, 0.05) is 42.3 Å². The van der Waals surface area contributed by atoms with E-state index < -0.39 is 0 Å². The molecule has 3 N–H and O–H groups in total. The molecule has 0 atom stereocenters. The fourth-order valence-electron chi connectivity index (χ4n) is 5.22. The molecule has 1 fully saturated rings. The van der Waals surface area contributed by atoms with Gasteiger partial charge >= 0.3 is 0 Å². The molecule has 2 aromatic rings. The average molecular weight is 580 g/mol. The summed E-state index contributed by atoms with van der Waals surface area (Å²) >= 11 is 0. The maximum Gasteiger partial charge on any atom is 0.142 e. The quantitative estimate of drug-likeness (QED) is 0.322. The lowest BCUT2D eigenvalue weighted by molar-refractivity contribution is 0.165. The van der Waals surface area contributed by atoms with E-state index in [1.165, 1.54) is 24.0 Å². The van der Waals surface area contributed by atoms with Gasteiger partial charge in [0.25, 0.3) is 0 Å². The van der Waals surface area contributed by atoms with E-state index in [1.807, 2.05) is 12.3 Å². The molecule has 1 aromatic carbocycles. The number of aromatic nitrogens is 1. The lowest BCUT2D eigenvalue weighted by Crippen LogP contribution is -2.23. The Kier molecular flexibility index (Phi) is 9.70. The standard InChI is InChI=1S/C36H45N5O2/c1-7-24(5)35(39-19-26-9-10-26)41-36-34-25(6)38-20-27-15-31(21-37-18-27)43-14-13-42-30(8-2)17-29-16-28(33(34)22-40-36)11-12-32(29)23(3)4/h8,11-12,15-18,21-23,26,38-39H,2,7,9-10,13-14,19-20H2,1,3-6H3,(H,40,41)/b30-17+,34-25+,35-24+. The lowest BCUT2D eigenvalue weighted by Gasteiger charge is -2.17. The molecule has 226 valence electrons. The molecule has 3 aliphatic rings. The van der Waals surface area contributed by atoms with Crippen molar-refractivity contribution in [2.24, 2.45) is 10.9 Å². The number of allylic oxidation sites excluding steroid dienone is 3. The zero-order valence-electron chi connectivity index (χ0n) is 26.2. The van der Waals surface area contributed by atoms with Crippen LogP contribution in [0.3, 0.4) is 0 Å². The molecule has 7 nitrogen and oxygen atoms in total. The number of aliphatic imine (C=N–C) groups is 1. The molecule has 2 aliphatic heterocycles. The van der Waals surface area contributed by atoms with E-state index in [-0.39, 0.29) is 0 Å². The topological polar surface area (TPSA) is 79.8 Å². The van der Waals surface area contributed by atoms with Gasteiger partial charge in [0.05, 0.1) is 6.20 Å². The molecule has 0 unspecified atom stereocenters. The average Bonchev–Trinajstić information content (AvgIpc) is 3.75. The Morgan fingerprint density at radius 3 is 2.74 bits per heavy atom. The number of fused-ring (bicyclic) bond motifs is 6. The van der Waals surface area contributed by atoms with Gasteiger partial charge in [0.2, 0.25) is 0 Å². The molecule has 4 bridgehead atoms. The molecule has 5 rings (SSSR count). The molecule has 7 heteroatoms. The summed E-state index contributed by atoms with van der Waals surface area (Å²) in [6.07, 6.45) is 13.0. The van der Waals surface area contributed by atoms with Crippen LogP contribution in [0.5, 0.6) is 5.75 Å². The normalized spacial score (nSPS) is 21.6. The molecule has 1 saturated carbocycles. The number of hydrogen-bond donors (Lipinski definition) is 3. The van der Waals surface area contributed by atoms with Crippen molar-refractivity contribution < 1.29 is 9.47 Å². The van der Waals surface area contributed by atoms with Crippen molar-refractivity contribution in [1.82, 2.24) is 20.9 Å². The van der Waals surface area contributed by atoms with E-state index in [4.69, 9.17) is 14.5 Å². The lowest BCUT2D eigenvalue weighted by atomic mass is 9.90. The molecule has 0 spiro atoms. The van der Waals surface area contributed by atoms with Crippen molar-refractivity contribution in [3.8, 4) is 5.75 Å². The van der Waals surface area contributed by atoms with Crippen molar-refractivity contribution in [1.29, 1.82) is 0 Å². The van der Waals surface area contributed by atoms with Crippen molar-refractivity contribution in [3.63, 3.8) is 0 Å². The number of ether oxygens (including phenoxy) is 2. The summed E-state index contributed by atoms with van der Waals surface area (Å²) in [6, 6.07) is 8.69. The third-order valence-electron chi connectivity index (χ3n) is 8.11. The predicted molar refractivity (Wildman–Crippen MR) is 176 cm³/mol. The molecule has 0 saturated heterocycles. The Hall–Kier alpha value is -4.26. The number of benzene rings is 1. The van der Waals surface area contributed by atoms with E-state index in [2.05, 4.69) is 92.6 Å². The fourth-order valence-corrected chi connectivity index (χ4v) is 5.22. The molecular formula is C36H45N5O2. The SMILES string of the molecule is C=C/C1=C\c2cc(ccc2C(C)C)C2=CNC(=N/C(NCC3CC3)=C(\C)CC)/C2=C(\C)NCc2cncc(c2)OCCO1. The highest BCUT2D eigenvalue weighted by Crippen LogP contribution is 2.34. The number of rotatable bonds is 7. The second-order valence-electron chi connectivity index (χ2n) is 11.8. The minimum absolute atomic E-state index is 0.344. The zero-order valence-corrected chi connectivity index (χ0v) is 26.2. The third kappa shape index (κ3) is 7.58. The minimum atomic E-state index is 0.344. The Balaban J connectivity index is 1.61. The molecule has 1 aromatic heterocycles. The smallest absolute Gasteiger partial charge is 0.142 e. The molecular weight excluding hydrogens is 534 g/mol. The third-order valence-corrected chi connectivity index (χ3v) is 8.11. The molecule has 0 radical (unpaired) electrons. The van der Waals surface area contributed by atoms with Gasteiger partial charge in [-0.2, -0.15) is 0 Å². The Morgan fingerprint density at radius 1 is 1.19 bits per heavy atom. The van der Waals surface area contributed by atoms with Gasteiger partial charge in [-0.25, -0.2) is 4.99 Å². The fraction of sp³-hybridized carbons (Fsp3) is 0.389. The number of amidine groups is 1. The first-order valence-corrected chi connectivity index (χ1v) is 15.5. The van der Waals surface area contributed by atoms with Crippen LogP contribution in [0.15, 0.2) is 88.9 Å². The van der Waals surface area contributed by atoms with Crippen LogP contribution in [0.1, 0.15) is 82.1 Å². The minimum Gasteiger partial charge on any atom is -0.490 e. The highest BCUT2D eigenvalue weighted by atomic mass is 16.5. The van der Waals surface area contributed by atoms with Crippen LogP contribution in [0.2, 0.25) is 0 Å². The Morgan fingerprint density at radius 2 is 2.00 bits per heavy atom. The van der Waals surface area contributed by atoms with Gasteiger partial charge in [-0.3, -0.25) is 4.98 Å². The van der Waals surface area contributed by atoms with Crippen LogP contribution in [0, 0.1) is 5.92 Å². The Bertz CT molecular complexity index is 1510. The van der Waals surface area contributed by atoms with Crippen molar-refractivity contribution in [3.05, 3.63) is 106 Å². The molecule has 43 heavy (non-hydrogen) atoms. The van der Waals surface area contributed by atoms with Crippen LogP contribution >= 0.6 is 0 Å². The van der Waals surface area contributed by atoms with Crippen LogP contribution in [0.4, 0.5) is 0 Å². The van der Waals surface area contributed by atoms with Crippen molar-refractivity contribution >= 4 is 17.5 Å². The summed E-state index contributed by atoms with van der Waals surface area (Å²) in [7, 11) is 0. The zero-order chi connectivity index (χ0) is 30.3. The second kappa shape index (κ2) is 13.8. The summed E-state index contributed by atoms with van der Waals surface area (Å²) in [5.41, 5.74) is 8.89. The van der Waals surface area contributed by atoms with Gasteiger partial charge in [-0.1, -0.05) is 39.5 Å². The van der Waals surface area contributed by atoms with Crippen LogP contribution in [-0.4, -0.2) is 30.6 Å². The molecule has 1 aliphatic carbocycles. The summed E-state index contributed by atoms with van der Waals surface area (Å²) < 4.78 is 12.0. The van der Waals surface area contributed by atoms with E-state index in [9.17, 15) is 0 Å². The monoisotopic (exact) mass is 579 g/mol. The highest BCUT2D eigenvalue weighted by molar-refractivity contribution is 6.17. The van der Waals surface area contributed by atoms with E-state index >= 15 is 0 Å². The first-order valence-electron chi connectivity index (χ1n) is 15.5. The van der Waals surface area contributed by atoms with Crippen molar-refractivity contribution in [2.75, 3.05) is 19.8 Å². The maximum absolute atomic E-state index is 6.08. The summed E-state index contributed by atoms with van der Waals surface area (Å²) in [6.45, 7) is 17.3. The van der Waals surface area contributed by atoms with Gasteiger partial charge < -0.3 is 25.4 Å². The number of nitrogens with zero attached hydrogens (tertiary/aromatic N) is 2. The van der Waals surface area contributed by atoms with Gasteiger partial charge in [0.1, 0.15) is 36.4 Å². The first kappa shape index (κ1) is 30.2. The van der Waals surface area contributed by atoms with Crippen LogP contribution in [-0.2, 0) is 11.3 Å². The summed E-state index contributed by atoms with van der Waals surface area (Å²) in [5, 5.41) is 10.8. The largest absolute Gasteiger partial charge is 0.490 e. The van der Waals surface area contributed by atoms with E-state index in [1.54, 1.807) is 12.3 Å². The highest BCUT2D eigenvalue weighted by Gasteiger charge is 2.26. The van der Waals surface area contributed by atoms with Gasteiger partial charge in [0.15, 0.2) is 0 Å². The number of hydrogen-bond acceptors (Lipinski definition) is 6. The van der Waals surface area contributed by atoms with Gasteiger partial charge in [-0.15, -0.1) is 0 Å². The number of nitrogens with one attached hydrogen (secondary N) is 3.